The molecule has 0 saturated heterocycles. The molecule has 29 heavy (non-hydrogen) atoms. The van der Waals surface area contributed by atoms with Crippen LogP contribution in [0.4, 0.5) is 5.69 Å². The van der Waals surface area contributed by atoms with E-state index in [0.717, 1.165) is 11.3 Å². The Morgan fingerprint density at radius 1 is 1.07 bits per heavy atom. The number of ether oxygens (including phenoxy) is 1. The Kier molecular flexibility index (Phi) is 6.09. The summed E-state index contributed by atoms with van der Waals surface area (Å²) in [6.07, 6.45) is 3.01. The minimum absolute atomic E-state index is 0.368. The Morgan fingerprint density at radius 3 is 2.55 bits per heavy atom. The summed E-state index contributed by atoms with van der Waals surface area (Å²) in [7, 11) is 1.58. The molecule has 2 aromatic carbocycles. The van der Waals surface area contributed by atoms with Crippen LogP contribution in [-0.2, 0) is 9.59 Å². The molecule has 0 spiro atoms. The zero-order valence-electron chi connectivity index (χ0n) is 16.0. The number of methoxy groups -OCH3 is 1. The van der Waals surface area contributed by atoms with Gasteiger partial charge >= 0.3 is 5.63 Å². The molecular weight excluding hydrogens is 372 g/mol. The molecule has 0 aliphatic heterocycles. The minimum atomic E-state index is -0.743. The first-order valence-corrected chi connectivity index (χ1v) is 8.92. The zero-order chi connectivity index (χ0) is 20.8. The smallest absolute Gasteiger partial charge is 0.336 e. The van der Waals surface area contributed by atoms with Gasteiger partial charge in [-0.1, -0.05) is 12.1 Å². The third kappa shape index (κ3) is 5.32. The molecule has 3 rings (SSSR count). The van der Waals surface area contributed by atoms with E-state index >= 15 is 0 Å². The zero-order valence-corrected chi connectivity index (χ0v) is 16.0. The van der Waals surface area contributed by atoms with E-state index in [1.165, 1.54) is 12.1 Å². The lowest BCUT2D eigenvalue weighted by molar-refractivity contribution is -0.123. The number of benzene rings is 2. The van der Waals surface area contributed by atoms with Crippen LogP contribution in [-0.4, -0.2) is 25.0 Å². The van der Waals surface area contributed by atoms with Gasteiger partial charge in [0.05, 0.1) is 7.11 Å². The third-order valence-electron chi connectivity index (χ3n) is 4.18. The second-order valence-electron chi connectivity index (χ2n) is 6.33. The molecule has 7 nitrogen and oxygen atoms in total. The van der Waals surface area contributed by atoms with Gasteiger partial charge in [0.25, 0.3) is 0 Å². The van der Waals surface area contributed by atoms with E-state index in [0.29, 0.717) is 16.7 Å². The molecule has 0 saturated carbocycles. The number of amides is 2. The van der Waals surface area contributed by atoms with Gasteiger partial charge in [0, 0.05) is 23.2 Å². The highest BCUT2D eigenvalue weighted by Gasteiger charge is 2.14. The van der Waals surface area contributed by atoms with E-state index in [2.05, 4.69) is 10.6 Å². The Balaban J connectivity index is 1.58. The fourth-order valence-corrected chi connectivity index (χ4v) is 2.61. The van der Waals surface area contributed by atoms with Crippen molar-refractivity contribution in [3.8, 4) is 5.75 Å². The standard InChI is InChI=1S/C22H20N2O5/c1-14(23-20(25)11-5-15-3-8-18(28-2)9-4-15)22(27)24-17-7-10-19-16(13-17)6-12-21(26)29-19/h3-14H,1-2H3,(H,23,25)(H,24,27)/b11-5+. The Bertz CT molecular complexity index is 1120. The van der Waals surface area contributed by atoms with Crippen LogP contribution in [0.1, 0.15) is 12.5 Å². The first-order chi connectivity index (χ1) is 13.9. The van der Waals surface area contributed by atoms with Crippen molar-refractivity contribution in [3.63, 3.8) is 0 Å². The van der Waals surface area contributed by atoms with Crippen molar-refractivity contribution in [1.82, 2.24) is 5.32 Å². The monoisotopic (exact) mass is 392 g/mol. The van der Waals surface area contributed by atoms with E-state index in [9.17, 15) is 14.4 Å². The predicted octanol–water partition coefficient (Wildman–Crippen LogP) is 2.96. The Hall–Kier alpha value is -3.87. The van der Waals surface area contributed by atoms with E-state index in [1.807, 2.05) is 12.1 Å². The molecule has 1 heterocycles. The van der Waals surface area contributed by atoms with Crippen LogP contribution in [0.5, 0.6) is 5.75 Å². The van der Waals surface area contributed by atoms with Crippen molar-refractivity contribution in [3.05, 3.63) is 76.7 Å². The summed E-state index contributed by atoms with van der Waals surface area (Å²) in [6.45, 7) is 1.59. The summed E-state index contributed by atoms with van der Waals surface area (Å²) in [5.41, 5.74) is 1.36. The van der Waals surface area contributed by atoms with Crippen LogP contribution in [0.15, 0.2) is 69.9 Å². The van der Waals surface area contributed by atoms with Gasteiger partial charge in [-0.3, -0.25) is 9.59 Å². The molecular formula is C22H20N2O5. The van der Waals surface area contributed by atoms with Crippen LogP contribution >= 0.6 is 0 Å². The number of rotatable bonds is 6. The maximum Gasteiger partial charge on any atom is 0.336 e. The molecule has 2 N–H and O–H groups in total. The topological polar surface area (TPSA) is 97.6 Å². The number of carbonyl (C=O) groups excluding carboxylic acids is 2. The number of hydrogen-bond donors (Lipinski definition) is 2. The lowest BCUT2D eigenvalue weighted by atomic mass is 10.2. The fourth-order valence-electron chi connectivity index (χ4n) is 2.61. The number of anilines is 1. The maximum atomic E-state index is 12.3. The first kappa shape index (κ1) is 19.9. The maximum absolute atomic E-state index is 12.3. The third-order valence-corrected chi connectivity index (χ3v) is 4.18. The summed E-state index contributed by atoms with van der Waals surface area (Å²) < 4.78 is 10.1. The van der Waals surface area contributed by atoms with Crippen molar-refractivity contribution in [2.24, 2.45) is 0 Å². The highest BCUT2D eigenvalue weighted by Crippen LogP contribution is 2.17. The fraction of sp³-hybridized carbons (Fsp3) is 0.136. The second kappa shape index (κ2) is 8.88. The molecule has 0 radical (unpaired) electrons. The highest BCUT2D eigenvalue weighted by atomic mass is 16.5. The molecule has 148 valence electrons. The van der Waals surface area contributed by atoms with E-state index in [4.69, 9.17) is 9.15 Å². The summed E-state index contributed by atoms with van der Waals surface area (Å²) in [5.74, 6) is -0.0237. The van der Waals surface area contributed by atoms with Crippen LogP contribution in [0.2, 0.25) is 0 Å². The molecule has 2 amide bonds. The van der Waals surface area contributed by atoms with Crippen molar-refractivity contribution in [1.29, 1.82) is 0 Å². The van der Waals surface area contributed by atoms with Gasteiger partial charge in [0.15, 0.2) is 0 Å². The lowest BCUT2D eigenvalue weighted by Gasteiger charge is -2.13. The molecule has 1 atom stereocenters. The van der Waals surface area contributed by atoms with E-state index in [-0.39, 0.29) is 11.8 Å². The molecule has 0 fully saturated rings. The summed E-state index contributed by atoms with van der Waals surface area (Å²) in [5, 5.41) is 6.03. The first-order valence-electron chi connectivity index (χ1n) is 8.92. The molecule has 1 aromatic heterocycles. The number of carbonyl (C=O) groups is 2. The van der Waals surface area contributed by atoms with Gasteiger partial charge in [-0.25, -0.2) is 4.79 Å². The van der Waals surface area contributed by atoms with E-state index < -0.39 is 11.7 Å². The number of fused-ring (bicyclic) bond motifs is 1. The minimum Gasteiger partial charge on any atom is -0.497 e. The number of hydrogen-bond acceptors (Lipinski definition) is 5. The van der Waals surface area contributed by atoms with Gasteiger partial charge in [0.2, 0.25) is 11.8 Å². The summed E-state index contributed by atoms with van der Waals surface area (Å²) >= 11 is 0. The van der Waals surface area contributed by atoms with Crippen LogP contribution in [0, 0.1) is 0 Å². The Morgan fingerprint density at radius 2 is 1.83 bits per heavy atom. The van der Waals surface area contributed by atoms with E-state index in [1.54, 1.807) is 56.5 Å². The van der Waals surface area contributed by atoms with Gasteiger partial charge in [-0.15, -0.1) is 0 Å². The SMILES string of the molecule is COc1ccc(/C=C/C(=O)NC(C)C(=O)Nc2ccc3oc(=O)ccc3c2)cc1. The molecule has 0 aliphatic carbocycles. The quantitative estimate of drug-likeness (QED) is 0.497. The molecule has 1 unspecified atom stereocenters. The van der Waals surface area contributed by atoms with Gasteiger partial charge in [-0.2, -0.15) is 0 Å². The van der Waals surface area contributed by atoms with Crippen molar-refractivity contribution < 1.29 is 18.7 Å². The van der Waals surface area contributed by atoms with Crippen LogP contribution < -0.4 is 21.0 Å². The van der Waals surface area contributed by atoms with Crippen LogP contribution in [0.25, 0.3) is 17.0 Å². The van der Waals surface area contributed by atoms with Crippen molar-refractivity contribution >= 4 is 34.5 Å². The Labute approximate surface area is 167 Å². The normalized spacial score (nSPS) is 11.9. The van der Waals surface area contributed by atoms with Crippen molar-refractivity contribution in [2.45, 2.75) is 13.0 Å². The van der Waals surface area contributed by atoms with Gasteiger partial charge in [-0.05, 0) is 55.0 Å². The molecule has 0 bridgehead atoms. The number of nitrogens with one attached hydrogen (secondary N) is 2. The predicted molar refractivity (Wildman–Crippen MR) is 111 cm³/mol. The average molecular weight is 392 g/mol. The average Bonchev–Trinajstić information content (AvgIpc) is 2.72. The largest absolute Gasteiger partial charge is 0.497 e. The lowest BCUT2D eigenvalue weighted by Crippen LogP contribution is -2.40. The van der Waals surface area contributed by atoms with Crippen LogP contribution in [0.3, 0.4) is 0 Å². The van der Waals surface area contributed by atoms with Gasteiger partial charge in [0.1, 0.15) is 17.4 Å². The molecule has 0 aliphatic rings. The molecule has 7 heteroatoms. The molecule has 3 aromatic rings. The van der Waals surface area contributed by atoms with Gasteiger partial charge < -0.3 is 19.8 Å². The highest BCUT2D eigenvalue weighted by molar-refractivity contribution is 6.00. The van der Waals surface area contributed by atoms with Crippen molar-refractivity contribution in [2.75, 3.05) is 12.4 Å². The second-order valence-corrected chi connectivity index (χ2v) is 6.33. The summed E-state index contributed by atoms with van der Waals surface area (Å²) in [4.78, 5) is 35.6. The summed E-state index contributed by atoms with van der Waals surface area (Å²) in [6, 6.07) is 14.3.